The number of nitrogens with one attached hydrogen (secondary N) is 2. The van der Waals surface area contributed by atoms with Gasteiger partial charge in [0, 0.05) is 12.6 Å². The number of benzene rings is 1. The Kier molecular flexibility index (Phi) is 5.82. The van der Waals surface area contributed by atoms with Crippen LogP contribution in [0.2, 0.25) is 0 Å². The van der Waals surface area contributed by atoms with Crippen molar-refractivity contribution in [2.75, 3.05) is 19.6 Å². The molecule has 144 valence electrons. The summed E-state index contributed by atoms with van der Waals surface area (Å²) in [6.07, 6.45) is -1.05. The predicted octanol–water partition coefficient (Wildman–Crippen LogP) is 2.68. The van der Waals surface area contributed by atoms with Crippen molar-refractivity contribution in [3.8, 4) is 0 Å². The largest absolute Gasteiger partial charge is 0.416 e. The fourth-order valence-electron chi connectivity index (χ4n) is 3.93. The van der Waals surface area contributed by atoms with Crippen LogP contribution < -0.4 is 10.6 Å². The summed E-state index contributed by atoms with van der Waals surface area (Å²) in [5.41, 5.74) is -1.17. The van der Waals surface area contributed by atoms with Crippen LogP contribution >= 0.6 is 0 Å². The lowest BCUT2D eigenvalue weighted by Gasteiger charge is -2.35. The van der Waals surface area contributed by atoms with Crippen LogP contribution in [-0.2, 0) is 17.5 Å². The van der Waals surface area contributed by atoms with Gasteiger partial charge in [0.2, 0.25) is 5.91 Å². The molecule has 0 saturated carbocycles. The van der Waals surface area contributed by atoms with Gasteiger partial charge in [0.25, 0.3) is 0 Å². The SMILES string of the molecule is O=C(NCc1cc(F)ccc1C(F)(F)F)[C@@H]1CCCN1C1CCNCC1. The number of carbonyl (C=O) groups is 1. The highest BCUT2D eigenvalue weighted by molar-refractivity contribution is 5.82. The van der Waals surface area contributed by atoms with Gasteiger partial charge in [0.15, 0.2) is 0 Å². The summed E-state index contributed by atoms with van der Waals surface area (Å²) >= 11 is 0. The molecule has 2 fully saturated rings. The standard InChI is InChI=1S/C18H23F4N3O/c19-13-3-4-15(18(20,21)22)12(10-13)11-24-17(26)16-2-1-9-25(16)14-5-7-23-8-6-14/h3-4,10,14,16,23H,1-2,5-9,11H2,(H,24,26)/t16-/m0/s1. The Balaban J connectivity index is 1.66. The fraction of sp³-hybridized carbons (Fsp3) is 0.611. The van der Waals surface area contributed by atoms with Crippen molar-refractivity contribution in [3.63, 3.8) is 0 Å². The molecule has 2 aliphatic heterocycles. The van der Waals surface area contributed by atoms with Gasteiger partial charge >= 0.3 is 6.18 Å². The van der Waals surface area contributed by atoms with E-state index in [1.165, 1.54) is 0 Å². The molecule has 8 heteroatoms. The van der Waals surface area contributed by atoms with Crippen molar-refractivity contribution in [2.24, 2.45) is 0 Å². The summed E-state index contributed by atoms with van der Waals surface area (Å²) in [7, 11) is 0. The summed E-state index contributed by atoms with van der Waals surface area (Å²) in [6.45, 7) is 2.32. The average molecular weight is 373 g/mol. The Bertz CT molecular complexity index is 644. The molecule has 3 rings (SSSR count). The van der Waals surface area contributed by atoms with Gasteiger partial charge < -0.3 is 10.6 Å². The first-order valence-corrected chi connectivity index (χ1v) is 8.96. The van der Waals surface area contributed by atoms with Crippen LogP contribution in [0, 0.1) is 5.82 Å². The van der Waals surface area contributed by atoms with E-state index in [-0.39, 0.29) is 24.1 Å². The zero-order chi connectivity index (χ0) is 18.7. The van der Waals surface area contributed by atoms with Crippen molar-refractivity contribution < 1.29 is 22.4 Å². The minimum Gasteiger partial charge on any atom is -0.351 e. The molecule has 2 aliphatic rings. The van der Waals surface area contributed by atoms with E-state index in [1.54, 1.807) is 0 Å². The molecule has 1 amide bonds. The van der Waals surface area contributed by atoms with Crippen LogP contribution in [0.1, 0.15) is 36.8 Å². The molecule has 0 aromatic heterocycles. The summed E-state index contributed by atoms with van der Waals surface area (Å²) in [6, 6.07) is 2.34. The molecule has 2 heterocycles. The topological polar surface area (TPSA) is 44.4 Å². The van der Waals surface area contributed by atoms with E-state index in [4.69, 9.17) is 0 Å². The van der Waals surface area contributed by atoms with Crippen LogP contribution in [0.25, 0.3) is 0 Å². The van der Waals surface area contributed by atoms with Gasteiger partial charge in [-0.3, -0.25) is 9.69 Å². The predicted molar refractivity (Wildman–Crippen MR) is 88.9 cm³/mol. The van der Waals surface area contributed by atoms with Gasteiger partial charge in [-0.15, -0.1) is 0 Å². The minimum absolute atomic E-state index is 0.253. The number of alkyl halides is 3. The first-order valence-electron chi connectivity index (χ1n) is 8.96. The number of hydrogen-bond donors (Lipinski definition) is 2. The lowest BCUT2D eigenvalue weighted by Crippen LogP contribution is -2.50. The molecule has 0 unspecified atom stereocenters. The van der Waals surface area contributed by atoms with Crippen molar-refractivity contribution in [1.29, 1.82) is 0 Å². The number of piperidine rings is 1. The number of amides is 1. The lowest BCUT2D eigenvalue weighted by atomic mass is 10.0. The van der Waals surface area contributed by atoms with Gasteiger partial charge in [-0.1, -0.05) is 0 Å². The summed E-state index contributed by atoms with van der Waals surface area (Å²) in [5, 5.41) is 5.87. The quantitative estimate of drug-likeness (QED) is 0.798. The Hall–Kier alpha value is -1.67. The van der Waals surface area contributed by atoms with E-state index in [2.05, 4.69) is 15.5 Å². The molecule has 4 nitrogen and oxygen atoms in total. The van der Waals surface area contributed by atoms with Gasteiger partial charge in [-0.05, 0) is 69.1 Å². The number of carbonyl (C=O) groups excluding carboxylic acids is 1. The normalized spacial score (nSPS) is 22.5. The lowest BCUT2D eigenvalue weighted by molar-refractivity contribution is -0.138. The fourth-order valence-corrected chi connectivity index (χ4v) is 3.93. The van der Waals surface area contributed by atoms with Gasteiger partial charge in [0.05, 0.1) is 11.6 Å². The molecule has 1 aromatic rings. The summed E-state index contributed by atoms with van der Waals surface area (Å²) < 4.78 is 52.6. The number of nitrogens with zero attached hydrogens (tertiary/aromatic N) is 1. The Morgan fingerprint density at radius 2 is 1.96 bits per heavy atom. The van der Waals surface area contributed by atoms with Gasteiger partial charge in [0.1, 0.15) is 5.82 Å². The van der Waals surface area contributed by atoms with E-state index < -0.39 is 17.6 Å². The third-order valence-electron chi connectivity index (χ3n) is 5.20. The second kappa shape index (κ2) is 7.92. The third-order valence-corrected chi connectivity index (χ3v) is 5.20. The Labute approximate surface area is 149 Å². The van der Waals surface area contributed by atoms with Gasteiger partial charge in [-0.25, -0.2) is 4.39 Å². The van der Waals surface area contributed by atoms with E-state index in [9.17, 15) is 22.4 Å². The van der Waals surface area contributed by atoms with Crippen molar-refractivity contribution in [3.05, 3.63) is 35.1 Å². The first-order chi connectivity index (χ1) is 12.4. The average Bonchev–Trinajstić information content (AvgIpc) is 3.09. The molecule has 0 aliphatic carbocycles. The smallest absolute Gasteiger partial charge is 0.351 e. The molecule has 0 bridgehead atoms. The number of likely N-dealkylation sites (tertiary alicyclic amines) is 1. The highest BCUT2D eigenvalue weighted by Crippen LogP contribution is 2.32. The van der Waals surface area contributed by atoms with Crippen molar-refractivity contribution in [2.45, 2.75) is 50.5 Å². The second-order valence-corrected chi connectivity index (χ2v) is 6.89. The van der Waals surface area contributed by atoms with Gasteiger partial charge in [-0.2, -0.15) is 13.2 Å². The maximum absolute atomic E-state index is 13.4. The molecule has 2 N–H and O–H groups in total. The van der Waals surface area contributed by atoms with Crippen LogP contribution in [-0.4, -0.2) is 42.5 Å². The molecule has 26 heavy (non-hydrogen) atoms. The van der Waals surface area contributed by atoms with Crippen LogP contribution in [0.15, 0.2) is 18.2 Å². The molecule has 2 saturated heterocycles. The van der Waals surface area contributed by atoms with Crippen molar-refractivity contribution in [1.82, 2.24) is 15.5 Å². The zero-order valence-corrected chi connectivity index (χ0v) is 14.4. The van der Waals surface area contributed by atoms with Crippen LogP contribution in [0.3, 0.4) is 0 Å². The maximum atomic E-state index is 13.4. The Morgan fingerprint density at radius 1 is 1.23 bits per heavy atom. The summed E-state index contributed by atoms with van der Waals surface area (Å²) in [4.78, 5) is 14.7. The number of rotatable bonds is 4. The molecular formula is C18H23F4N3O. The summed E-state index contributed by atoms with van der Waals surface area (Å²) in [5.74, 6) is -1.03. The van der Waals surface area contributed by atoms with E-state index >= 15 is 0 Å². The molecule has 1 aromatic carbocycles. The highest BCUT2D eigenvalue weighted by Gasteiger charge is 2.36. The maximum Gasteiger partial charge on any atom is 0.416 e. The van der Waals surface area contributed by atoms with E-state index in [1.807, 2.05) is 0 Å². The third kappa shape index (κ3) is 4.35. The van der Waals surface area contributed by atoms with Crippen LogP contribution in [0.4, 0.5) is 17.6 Å². The Morgan fingerprint density at radius 3 is 2.65 bits per heavy atom. The second-order valence-electron chi connectivity index (χ2n) is 6.89. The molecule has 0 radical (unpaired) electrons. The molecule has 0 spiro atoms. The number of hydrogen-bond acceptors (Lipinski definition) is 3. The number of halogens is 4. The molecular weight excluding hydrogens is 350 g/mol. The monoisotopic (exact) mass is 373 g/mol. The zero-order valence-electron chi connectivity index (χ0n) is 14.4. The van der Waals surface area contributed by atoms with Crippen molar-refractivity contribution >= 4 is 5.91 Å². The highest BCUT2D eigenvalue weighted by atomic mass is 19.4. The van der Waals surface area contributed by atoms with Crippen LogP contribution in [0.5, 0.6) is 0 Å². The van der Waals surface area contributed by atoms with E-state index in [0.29, 0.717) is 18.5 Å². The minimum atomic E-state index is -4.58. The van der Waals surface area contributed by atoms with E-state index in [0.717, 1.165) is 51.0 Å². The molecule has 1 atom stereocenters. The first kappa shape index (κ1) is 19.1.